The van der Waals surface area contributed by atoms with E-state index in [0.29, 0.717) is 17.8 Å². The molecule has 0 aliphatic heterocycles. The molecule has 4 N–H and O–H groups in total. The van der Waals surface area contributed by atoms with E-state index >= 15 is 0 Å². The van der Waals surface area contributed by atoms with Crippen LogP contribution in [0.5, 0.6) is 0 Å². The number of rotatable bonds is 1. The molecule has 96 valence electrons. The van der Waals surface area contributed by atoms with Crippen LogP contribution in [-0.4, -0.2) is 15.0 Å². The molecule has 0 saturated heterocycles. The van der Waals surface area contributed by atoms with Crippen LogP contribution in [0.3, 0.4) is 0 Å². The maximum absolute atomic E-state index is 5.67. The molecule has 0 radical (unpaired) electrons. The van der Waals surface area contributed by atoms with E-state index in [2.05, 4.69) is 39.2 Å². The van der Waals surface area contributed by atoms with Gasteiger partial charge in [-0.05, 0) is 35.8 Å². The summed E-state index contributed by atoms with van der Waals surface area (Å²) in [6.45, 7) is 0. The summed E-state index contributed by atoms with van der Waals surface area (Å²) < 4.78 is 0. The van der Waals surface area contributed by atoms with E-state index in [1.165, 1.54) is 17.5 Å². The second-order valence-electron chi connectivity index (χ2n) is 5.36. The Hall–Kier alpha value is -2.17. The van der Waals surface area contributed by atoms with Crippen molar-refractivity contribution >= 4 is 11.9 Å². The molecule has 5 heteroatoms. The van der Waals surface area contributed by atoms with Gasteiger partial charge < -0.3 is 11.5 Å². The molecule has 1 aromatic heterocycles. The fourth-order valence-electron chi connectivity index (χ4n) is 3.49. The fourth-order valence-corrected chi connectivity index (χ4v) is 3.49. The minimum absolute atomic E-state index is 0.222. The minimum atomic E-state index is 0.222. The van der Waals surface area contributed by atoms with Crippen molar-refractivity contribution in [2.75, 3.05) is 11.5 Å². The molecule has 0 amide bonds. The Kier molecular flexibility index (Phi) is 2.07. The molecule has 0 bridgehead atoms. The van der Waals surface area contributed by atoms with Gasteiger partial charge in [0.25, 0.3) is 0 Å². The molecule has 3 unspecified atom stereocenters. The van der Waals surface area contributed by atoms with Crippen LogP contribution in [0.2, 0.25) is 0 Å². The first-order chi connectivity index (χ1) is 9.24. The average Bonchev–Trinajstić information content (AvgIpc) is 3.12. The number of hydrogen-bond acceptors (Lipinski definition) is 5. The van der Waals surface area contributed by atoms with E-state index < -0.39 is 0 Å². The summed E-state index contributed by atoms with van der Waals surface area (Å²) in [4.78, 5) is 12.4. The van der Waals surface area contributed by atoms with E-state index in [4.69, 9.17) is 11.5 Å². The van der Waals surface area contributed by atoms with Crippen molar-refractivity contribution in [2.45, 2.75) is 24.7 Å². The van der Waals surface area contributed by atoms with Gasteiger partial charge in [-0.3, -0.25) is 0 Å². The van der Waals surface area contributed by atoms with Crippen molar-refractivity contribution in [1.82, 2.24) is 15.0 Å². The van der Waals surface area contributed by atoms with Gasteiger partial charge in [-0.2, -0.15) is 15.0 Å². The van der Waals surface area contributed by atoms with Crippen LogP contribution in [0.1, 0.15) is 35.2 Å². The normalized spacial score (nSPS) is 27.5. The number of aryl methyl sites for hydroxylation is 1. The lowest BCUT2D eigenvalue weighted by atomic mass is 9.92. The second-order valence-corrected chi connectivity index (χ2v) is 5.36. The van der Waals surface area contributed by atoms with Crippen molar-refractivity contribution in [3.8, 4) is 0 Å². The highest BCUT2D eigenvalue weighted by Crippen LogP contribution is 2.64. The van der Waals surface area contributed by atoms with Crippen LogP contribution < -0.4 is 11.5 Å². The summed E-state index contributed by atoms with van der Waals surface area (Å²) in [6.07, 6.45) is 2.34. The van der Waals surface area contributed by atoms with Gasteiger partial charge in [0.2, 0.25) is 11.9 Å². The summed E-state index contributed by atoms with van der Waals surface area (Å²) >= 11 is 0. The van der Waals surface area contributed by atoms with Crippen LogP contribution in [-0.2, 0) is 6.42 Å². The van der Waals surface area contributed by atoms with Gasteiger partial charge in [-0.25, -0.2) is 0 Å². The third kappa shape index (κ3) is 1.58. The quantitative estimate of drug-likeness (QED) is 0.803. The lowest BCUT2D eigenvalue weighted by Crippen LogP contribution is -2.06. The maximum atomic E-state index is 5.67. The number of nitrogens with two attached hydrogens (primary N) is 2. The molecule has 2 aromatic rings. The molecule has 5 nitrogen and oxygen atoms in total. The zero-order valence-corrected chi connectivity index (χ0v) is 10.5. The summed E-state index contributed by atoms with van der Waals surface area (Å²) in [5.41, 5.74) is 14.2. The Morgan fingerprint density at radius 3 is 2.47 bits per heavy atom. The second kappa shape index (κ2) is 3.66. The smallest absolute Gasteiger partial charge is 0.225 e. The highest BCUT2D eigenvalue weighted by molar-refractivity contribution is 5.44. The Balaban J connectivity index is 1.74. The van der Waals surface area contributed by atoms with Crippen LogP contribution in [0, 0.1) is 5.92 Å². The molecule has 1 heterocycles. The minimum Gasteiger partial charge on any atom is -0.368 e. The summed E-state index contributed by atoms with van der Waals surface area (Å²) in [6, 6.07) is 8.65. The number of benzene rings is 1. The molecular formula is C14H15N5. The molecule has 4 rings (SSSR count). The molecule has 1 saturated carbocycles. The van der Waals surface area contributed by atoms with Gasteiger partial charge >= 0.3 is 0 Å². The lowest BCUT2D eigenvalue weighted by Gasteiger charge is -2.13. The van der Waals surface area contributed by atoms with E-state index in [0.717, 1.165) is 12.2 Å². The van der Waals surface area contributed by atoms with Crippen molar-refractivity contribution in [3.63, 3.8) is 0 Å². The van der Waals surface area contributed by atoms with Crippen molar-refractivity contribution < 1.29 is 0 Å². The van der Waals surface area contributed by atoms with E-state index in [9.17, 15) is 0 Å². The summed E-state index contributed by atoms with van der Waals surface area (Å²) in [5, 5.41) is 0. The van der Waals surface area contributed by atoms with Crippen molar-refractivity contribution in [2.24, 2.45) is 5.92 Å². The van der Waals surface area contributed by atoms with Crippen molar-refractivity contribution in [1.29, 1.82) is 0 Å². The van der Waals surface area contributed by atoms with Crippen LogP contribution in [0.15, 0.2) is 24.3 Å². The third-order valence-electron chi connectivity index (χ3n) is 4.32. The predicted molar refractivity (Wildman–Crippen MR) is 72.4 cm³/mol. The van der Waals surface area contributed by atoms with E-state index in [-0.39, 0.29) is 11.9 Å². The standard InChI is InChI=1S/C14H15N5/c15-13-17-12(18-14(16)19-13)11-9-6-5-7-3-1-2-4-8(7)10(9)11/h1-4,9-11H,5-6H2,(H4,15,16,17,18,19). The highest BCUT2D eigenvalue weighted by atomic mass is 15.1. The predicted octanol–water partition coefficient (Wildman–Crippen LogP) is 1.48. The molecular weight excluding hydrogens is 238 g/mol. The largest absolute Gasteiger partial charge is 0.368 e. The first kappa shape index (κ1) is 10.7. The number of fused-ring (bicyclic) bond motifs is 3. The molecule has 2 aliphatic carbocycles. The molecule has 1 fully saturated rings. The lowest BCUT2D eigenvalue weighted by molar-refractivity contribution is 0.654. The van der Waals surface area contributed by atoms with Gasteiger partial charge in [0.15, 0.2) is 0 Å². The van der Waals surface area contributed by atoms with Crippen LogP contribution in [0.4, 0.5) is 11.9 Å². The highest BCUT2D eigenvalue weighted by Gasteiger charge is 2.55. The van der Waals surface area contributed by atoms with Crippen LogP contribution >= 0.6 is 0 Å². The van der Waals surface area contributed by atoms with Gasteiger partial charge in [-0.1, -0.05) is 24.3 Å². The summed E-state index contributed by atoms with van der Waals surface area (Å²) in [7, 11) is 0. The molecule has 2 aliphatic rings. The Bertz CT molecular complexity index is 634. The Morgan fingerprint density at radius 1 is 0.947 bits per heavy atom. The van der Waals surface area contributed by atoms with E-state index in [1.807, 2.05) is 0 Å². The number of nitrogens with zero attached hydrogens (tertiary/aromatic N) is 3. The Labute approximate surface area is 111 Å². The third-order valence-corrected chi connectivity index (χ3v) is 4.32. The number of anilines is 2. The zero-order valence-electron chi connectivity index (χ0n) is 10.5. The maximum Gasteiger partial charge on any atom is 0.225 e. The molecule has 19 heavy (non-hydrogen) atoms. The van der Waals surface area contributed by atoms with Gasteiger partial charge in [-0.15, -0.1) is 0 Å². The number of nitrogen functional groups attached to an aromatic ring is 2. The topological polar surface area (TPSA) is 90.7 Å². The average molecular weight is 253 g/mol. The number of aromatic nitrogens is 3. The van der Waals surface area contributed by atoms with Crippen LogP contribution in [0.25, 0.3) is 0 Å². The number of hydrogen-bond donors (Lipinski definition) is 2. The molecule has 0 spiro atoms. The first-order valence-electron chi connectivity index (χ1n) is 6.59. The zero-order chi connectivity index (χ0) is 13.0. The van der Waals surface area contributed by atoms with Crippen molar-refractivity contribution in [3.05, 3.63) is 41.2 Å². The molecule has 1 aromatic carbocycles. The monoisotopic (exact) mass is 253 g/mol. The fraction of sp³-hybridized carbons (Fsp3) is 0.357. The van der Waals surface area contributed by atoms with Gasteiger partial charge in [0, 0.05) is 5.92 Å². The van der Waals surface area contributed by atoms with Gasteiger partial charge in [0.1, 0.15) is 5.82 Å². The molecule has 3 atom stereocenters. The van der Waals surface area contributed by atoms with E-state index in [1.54, 1.807) is 0 Å². The van der Waals surface area contributed by atoms with Gasteiger partial charge in [0.05, 0.1) is 0 Å². The Morgan fingerprint density at radius 2 is 1.68 bits per heavy atom. The summed E-state index contributed by atoms with van der Waals surface area (Å²) in [5.74, 6) is 2.73. The first-order valence-corrected chi connectivity index (χ1v) is 6.59. The SMILES string of the molecule is Nc1nc(N)nc(C2C3CCc4ccccc4C32)n1.